The molecule has 6 heteroatoms. The Balaban J connectivity index is 1.85. The average molecular weight is 365 g/mol. The SMILES string of the molecule is COCCN(Cc1ccc(F)cc1F)CC(O)COCc1ccccc1. The third kappa shape index (κ3) is 7.17. The first-order valence-electron chi connectivity index (χ1n) is 8.53. The van der Waals surface area contributed by atoms with Crippen LogP contribution in [0.1, 0.15) is 11.1 Å². The molecule has 0 heterocycles. The van der Waals surface area contributed by atoms with Gasteiger partial charge in [-0.25, -0.2) is 8.78 Å². The lowest BCUT2D eigenvalue weighted by Crippen LogP contribution is -2.36. The Morgan fingerprint density at radius 1 is 1.12 bits per heavy atom. The first-order chi connectivity index (χ1) is 12.6. The van der Waals surface area contributed by atoms with Crippen molar-refractivity contribution in [3.8, 4) is 0 Å². The Morgan fingerprint density at radius 3 is 2.58 bits per heavy atom. The van der Waals surface area contributed by atoms with Crippen LogP contribution in [-0.2, 0) is 22.6 Å². The highest BCUT2D eigenvalue weighted by molar-refractivity contribution is 5.18. The highest BCUT2D eigenvalue weighted by atomic mass is 19.1. The molecule has 26 heavy (non-hydrogen) atoms. The van der Waals surface area contributed by atoms with Gasteiger partial charge in [0.2, 0.25) is 0 Å². The fourth-order valence-corrected chi connectivity index (χ4v) is 2.58. The summed E-state index contributed by atoms with van der Waals surface area (Å²) in [5, 5.41) is 10.2. The summed E-state index contributed by atoms with van der Waals surface area (Å²) in [6.07, 6.45) is -0.723. The zero-order chi connectivity index (χ0) is 18.8. The number of halogens is 2. The molecule has 4 nitrogen and oxygen atoms in total. The summed E-state index contributed by atoms with van der Waals surface area (Å²) in [4.78, 5) is 1.86. The zero-order valence-electron chi connectivity index (χ0n) is 14.9. The summed E-state index contributed by atoms with van der Waals surface area (Å²) < 4.78 is 37.5. The minimum absolute atomic E-state index is 0.171. The number of rotatable bonds is 11. The summed E-state index contributed by atoms with van der Waals surface area (Å²) in [7, 11) is 1.58. The van der Waals surface area contributed by atoms with E-state index in [9.17, 15) is 13.9 Å². The molecule has 1 N–H and O–H groups in total. The first-order valence-corrected chi connectivity index (χ1v) is 8.53. The van der Waals surface area contributed by atoms with Gasteiger partial charge in [0.05, 0.1) is 25.9 Å². The van der Waals surface area contributed by atoms with Crippen molar-refractivity contribution >= 4 is 0 Å². The van der Waals surface area contributed by atoms with Crippen molar-refractivity contribution < 1.29 is 23.4 Å². The Hall–Kier alpha value is -1.86. The molecule has 0 amide bonds. The predicted molar refractivity (Wildman–Crippen MR) is 95.6 cm³/mol. The van der Waals surface area contributed by atoms with Crippen molar-refractivity contribution in [3.63, 3.8) is 0 Å². The summed E-state index contributed by atoms with van der Waals surface area (Å²) in [6, 6.07) is 13.2. The van der Waals surface area contributed by atoms with Gasteiger partial charge < -0.3 is 14.6 Å². The Labute approximate surface area is 153 Å². The first kappa shape index (κ1) is 20.5. The molecule has 142 valence electrons. The van der Waals surface area contributed by atoms with Gasteiger partial charge in [-0.05, 0) is 11.6 Å². The Morgan fingerprint density at radius 2 is 1.88 bits per heavy atom. The lowest BCUT2D eigenvalue weighted by atomic mass is 10.2. The molecule has 0 aromatic heterocycles. The van der Waals surface area contributed by atoms with Crippen LogP contribution in [0.25, 0.3) is 0 Å². The highest BCUT2D eigenvalue weighted by Crippen LogP contribution is 2.13. The average Bonchev–Trinajstić information content (AvgIpc) is 2.63. The van der Waals surface area contributed by atoms with Gasteiger partial charge in [0, 0.05) is 38.4 Å². The van der Waals surface area contributed by atoms with Crippen LogP contribution in [0.15, 0.2) is 48.5 Å². The second kappa shape index (κ2) is 11.0. The van der Waals surface area contributed by atoms with E-state index in [1.807, 2.05) is 35.2 Å². The third-order valence-electron chi connectivity index (χ3n) is 3.91. The second-order valence-corrected chi connectivity index (χ2v) is 6.12. The van der Waals surface area contributed by atoms with Gasteiger partial charge in [0.1, 0.15) is 11.6 Å². The van der Waals surface area contributed by atoms with E-state index in [1.165, 1.54) is 12.1 Å². The lowest BCUT2D eigenvalue weighted by molar-refractivity contribution is 0.00462. The van der Waals surface area contributed by atoms with Crippen LogP contribution < -0.4 is 0 Å². The van der Waals surface area contributed by atoms with E-state index in [4.69, 9.17) is 9.47 Å². The van der Waals surface area contributed by atoms with E-state index >= 15 is 0 Å². The standard InChI is InChI=1S/C20H25F2NO3/c1-25-10-9-23(12-17-7-8-18(21)11-20(17)22)13-19(24)15-26-14-16-5-3-2-4-6-16/h2-8,11,19,24H,9-10,12-15H2,1H3. The molecular weight excluding hydrogens is 340 g/mol. The van der Waals surface area contributed by atoms with Crippen molar-refractivity contribution in [2.75, 3.05) is 33.4 Å². The van der Waals surface area contributed by atoms with Crippen LogP contribution >= 0.6 is 0 Å². The fraction of sp³-hybridized carbons (Fsp3) is 0.400. The summed E-state index contributed by atoms with van der Waals surface area (Å²) in [6.45, 7) is 2.11. The van der Waals surface area contributed by atoms with Crippen LogP contribution in [-0.4, -0.2) is 49.5 Å². The molecule has 0 aliphatic carbocycles. The van der Waals surface area contributed by atoms with Gasteiger partial charge in [-0.2, -0.15) is 0 Å². The van der Waals surface area contributed by atoms with E-state index < -0.39 is 17.7 Å². The van der Waals surface area contributed by atoms with Crippen LogP contribution in [0.5, 0.6) is 0 Å². The maximum Gasteiger partial charge on any atom is 0.130 e. The van der Waals surface area contributed by atoms with Gasteiger partial charge in [-0.15, -0.1) is 0 Å². The fourth-order valence-electron chi connectivity index (χ4n) is 2.58. The number of hydrogen-bond donors (Lipinski definition) is 1. The molecule has 0 saturated carbocycles. The molecule has 2 aromatic carbocycles. The molecule has 0 fully saturated rings. The predicted octanol–water partition coefficient (Wildman–Crippen LogP) is 2.99. The molecule has 0 spiro atoms. The molecule has 0 saturated heterocycles. The minimum Gasteiger partial charge on any atom is -0.389 e. The van der Waals surface area contributed by atoms with Crippen molar-refractivity contribution in [2.24, 2.45) is 0 Å². The van der Waals surface area contributed by atoms with E-state index in [2.05, 4.69) is 0 Å². The molecule has 1 atom stereocenters. The Kier molecular flexibility index (Phi) is 8.64. The van der Waals surface area contributed by atoms with Crippen LogP contribution in [0.3, 0.4) is 0 Å². The third-order valence-corrected chi connectivity index (χ3v) is 3.91. The van der Waals surface area contributed by atoms with E-state index in [0.29, 0.717) is 31.9 Å². The van der Waals surface area contributed by atoms with Gasteiger partial charge in [0.25, 0.3) is 0 Å². The molecular formula is C20H25F2NO3. The number of nitrogens with zero attached hydrogens (tertiary/aromatic N) is 1. The quantitative estimate of drug-likeness (QED) is 0.665. The maximum atomic E-state index is 13.9. The monoisotopic (exact) mass is 365 g/mol. The van der Waals surface area contributed by atoms with Crippen LogP contribution in [0.4, 0.5) is 8.78 Å². The molecule has 2 rings (SSSR count). The van der Waals surface area contributed by atoms with Crippen LogP contribution in [0.2, 0.25) is 0 Å². The highest BCUT2D eigenvalue weighted by Gasteiger charge is 2.15. The largest absolute Gasteiger partial charge is 0.389 e. The molecule has 0 bridgehead atoms. The number of aliphatic hydroxyl groups excluding tert-OH is 1. The maximum absolute atomic E-state index is 13.9. The number of methoxy groups -OCH3 is 1. The molecule has 0 aliphatic rings. The van der Waals surface area contributed by atoms with Crippen molar-refractivity contribution in [2.45, 2.75) is 19.3 Å². The lowest BCUT2D eigenvalue weighted by Gasteiger charge is -2.25. The molecule has 0 aliphatic heterocycles. The van der Waals surface area contributed by atoms with E-state index in [-0.39, 0.29) is 13.2 Å². The Bertz CT molecular complexity index is 655. The topological polar surface area (TPSA) is 41.9 Å². The number of aliphatic hydroxyl groups is 1. The van der Waals surface area contributed by atoms with Gasteiger partial charge in [-0.3, -0.25) is 4.90 Å². The van der Waals surface area contributed by atoms with E-state index in [1.54, 1.807) is 7.11 Å². The summed E-state index contributed by atoms with van der Waals surface area (Å²) >= 11 is 0. The summed E-state index contributed by atoms with van der Waals surface area (Å²) in [5.41, 5.74) is 1.41. The zero-order valence-corrected chi connectivity index (χ0v) is 14.9. The number of ether oxygens (including phenoxy) is 2. The van der Waals surface area contributed by atoms with Crippen molar-refractivity contribution in [1.29, 1.82) is 0 Å². The van der Waals surface area contributed by atoms with Crippen molar-refractivity contribution in [1.82, 2.24) is 4.90 Å². The van der Waals surface area contributed by atoms with E-state index in [0.717, 1.165) is 11.6 Å². The van der Waals surface area contributed by atoms with Gasteiger partial charge >= 0.3 is 0 Å². The van der Waals surface area contributed by atoms with Crippen LogP contribution in [0, 0.1) is 11.6 Å². The molecule has 2 aromatic rings. The molecule has 0 radical (unpaired) electrons. The van der Waals surface area contributed by atoms with Gasteiger partial charge in [-0.1, -0.05) is 36.4 Å². The number of benzene rings is 2. The minimum atomic E-state index is -0.723. The number of hydrogen-bond acceptors (Lipinski definition) is 4. The second-order valence-electron chi connectivity index (χ2n) is 6.12. The van der Waals surface area contributed by atoms with Gasteiger partial charge in [0.15, 0.2) is 0 Å². The normalized spacial score (nSPS) is 12.5. The summed E-state index contributed by atoms with van der Waals surface area (Å²) in [5.74, 6) is -1.20. The molecule has 1 unspecified atom stereocenters. The van der Waals surface area contributed by atoms with Crippen molar-refractivity contribution in [3.05, 3.63) is 71.3 Å². The smallest absolute Gasteiger partial charge is 0.130 e.